The van der Waals surface area contributed by atoms with Gasteiger partial charge in [-0.3, -0.25) is 9.59 Å². The Morgan fingerprint density at radius 1 is 1.26 bits per heavy atom. The van der Waals surface area contributed by atoms with E-state index in [-0.39, 0.29) is 16.6 Å². The van der Waals surface area contributed by atoms with Crippen LogP contribution >= 0.6 is 39.1 Å². The van der Waals surface area contributed by atoms with Gasteiger partial charge in [0, 0.05) is 10.4 Å². The third-order valence-electron chi connectivity index (χ3n) is 6.18. The molecule has 2 bridgehead atoms. The Bertz CT molecular complexity index is 718. The molecule has 6 heteroatoms. The third-order valence-corrected chi connectivity index (χ3v) is 7.91. The lowest BCUT2D eigenvalue weighted by molar-refractivity contribution is -0.150. The number of fused-ring (bicyclic) bond motifs is 2. The summed E-state index contributed by atoms with van der Waals surface area (Å²) < 4.78 is 5.59. The minimum Gasteiger partial charge on any atom is -0.424 e. The number of benzene rings is 1. The largest absolute Gasteiger partial charge is 0.424 e. The molecule has 124 valence electrons. The lowest BCUT2D eigenvalue weighted by Gasteiger charge is -2.38. The van der Waals surface area contributed by atoms with Gasteiger partial charge in [0.05, 0.1) is 15.3 Å². The van der Waals surface area contributed by atoms with Gasteiger partial charge in [0.15, 0.2) is 5.78 Å². The van der Waals surface area contributed by atoms with Crippen molar-refractivity contribution in [2.24, 2.45) is 16.2 Å². The first-order chi connectivity index (χ1) is 10.6. The van der Waals surface area contributed by atoms with Gasteiger partial charge in [0.1, 0.15) is 5.75 Å². The Balaban J connectivity index is 2.00. The van der Waals surface area contributed by atoms with Crippen LogP contribution in [0, 0.1) is 16.2 Å². The number of hydrogen-bond donors (Lipinski definition) is 0. The smallest absolute Gasteiger partial charge is 0.319 e. The zero-order valence-electron chi connectivity index (χ0n) is 13.1. The number of ether oxygens (including phenoxy) is 1. The number of ketones is 1. The molecule has 23 heavy (non-hydrogen) atoms. The van der Waals surface area contributed by atoms with Crippen LogP contribution < -0.4 is 4.74 Å². The first-order valence-corrected chi connectivity index (χ1v) is 9.11. The molecule has 0 radical (unpaired) electrons. The summed E-state index contributed by atoms with van der Waals surface area (Å²) >= 11 is 15.4. The fraction of sp³-hybridized carbons (Fsp3) is 0.529. The second kappa shape index (κ2) is 5.21. The van der Waals surface area contributed by atoms with E-state index in [4.69, 9.17) is 27.9 Å². The van der Waals surface area contributed by atoms with Gasteiger partial charge in [-0.25, -0.2) is 0 Å². The molecule has 0 spiro atoms. The monoisotopic (exact) mass is 418 g/mol. The van der Waals surface area contributed by atoms with E-state index in [1.807, 2.05) is 20.8 Å². The molecule has 3 unspecified atom stereocenters. The molecule has 2 aliphatic rings. The molecular weight excluding hydrogens is 403 g/mol. The van der Waals surface area contributed by atoms with Gasteiger partial charge in [-0.05, 0) is 36.5 Å². The number of hydrogen-bond acceptors (Lipinski definition) is 3. The predicted octanol–water partition coefficient (Wildman–Crippen LogP) is 5.06. The highest BCUT2D eigenvalue weighted by Gasteiger charge is 2.77. The molecule has 0 amide bonds. The molecule has 1 aromatic carbocycles. The molecule has 0 N–H and O–H groups in total. The van der Waals surface area contributed by atoms with E-state index in [1.165, 1.54) is 6.07 Å². The number of carbonyl (C=O) groups is 2. The number of alkyl halides is 1. The molecular formula is C17H17BrCl2O3. The van der Waals surface area contributed by atoms with E-state index in [1.54, 1.807) is 12.1 Å². The lowest BCUT2D eigenvalue weighted by Crippen LogP contribution is -2.47. The van der Waals surface area contributed by atoms with Crippen molar-refractivity contribution < 1.29 is 14.3 Å². The first-order valence-electron chi connectivity index (χ1n) is 7.44. The fourth-order valence-electron chi connectivity index (χ4n) is 4.15. The molecule has 0 saturated heterocycles. The fourth-order valence-corrected chi connectivity index (χ4v) is 6.09. The van der Waals surface area contributed by atoms with E-state index >= 15 is 0 Å². The van der Waals surface area contributed by atoms with Crippen LogP contribution in [0.5, 0.6) is 5.75 Å². The lowest BCUT2D eigenvalue weighted by atomic mass is 9.65. The van der Waals surface area contributed by atoms with Gasteiger partial charge in [0.25, 0.3) is 0 Å². The van der Waals surface area contributed by atoms with Crippen LogP contribution in [-0.2, 0) is 9.59 Å². The number of Topliss-reactive ketones (excluding diaryl/α,β-unsaturated/α-hetero) is 1. The Hall–Kier alpha value is -0.580. The van der Waals surface area contributed by atoms with Crippen molar-refractivity contribution in [2.75, 3.05) is 0 Å². The van der Waals surface area contributed by atoms with Gasteiger partial charge < -0.3 is 4.74 Å². The molecule has 2 fully saturated rings. The maximum absolute atomic E-state index is 13.0. The number of halogens is 3. The highest BCUT2D eigenvalue weighted by Crippen LogP contribution is 2.72. The molecule has 3 rings (SSSR count). The Kier molecular flexibility index (Phi) is 3.90. The maximum atomic E-state index is 13.0. The first kappa shape index (κ1) is 17.2. The van der Waals surface area contributed by atoms with E-state index in [2.05, 4.69) is 15.9 Å². The van der Waals surface area contributed by atoms with Crippen LogP contribution in [0.3, 0.4) is 0 Å². The zero-order valence-corrected chi connectivity index (χ0v) is 16.2. The summed E-state index contributed by atoms with van der Waals surface area (Å²) in [4.78, 5) is 25.2. The highest BCUT2D eigenvalue weighted by molar-refractivity contribution is 9.10. The quantitative estimate of drug-likeness (QED) is 0.382. The maximum Gasteiger partial charge on any atom is 0.319 e. The van der Waals surface area contributed by atoms with Gasteiger partial charge in [0.2, 0.25) is 0 Å². The topological polar surface area (TPSA) is 43.4 Å². The molecule has 3 atom stereocenters. The summed E-state index contributed by atoms with van der Waals surface area (Å²) in [6.45, 7) is 5.90. The molecule has 1 aromatic rings. The van der Waals surface area contributed by atoms with Crippen LogP contribution in [0.25, 0.3) is 0 Å². The van der Waals surface area contributed by atoms with Crippen LogP contribution in [0.15, 0.2) is 18.2 Å². The average Bonchev–Trinajstić information content (AvgIpc) is 2.74. The summed E-state index contributed by atoms with van der Waals surface area (Å²) in [5.74, 6) is -0.0741. The second-order valence-corrected chi connectivity index (χ2v) is 8.88. The Morgan fingerprint density at radius 2 is 1.91 bits per heavy atom. The minimum atomic E-state index is -0.887. The Labute approximate surface area is 153 Å². The van der Waals surface area contributed by atoms with Gasteiger partial charge >= 0.3 is 5.97 Å². The molecule has 0 aromatic heterocycles. The highest BCUT2D eigenvalue weighted by atomic mass is 79.9. The van der Waals surface area contributed by atoms with Crippen molar-refractivity contribution in [3.63, 3.8) is 0 Å². The third kappa shape index (κ3) is 2.01. The molecule has 0 heterocycles. The van der Waals surface area contributed by atoms with Crippen LogP contribution in [0.4, 0.5) is 0 Å². The Morgan fingerprint density at radius 3 is 2.43 bits per heavy atom. The van der Waals surface area contributed by atoms with Crippen molar-refractivity contribution >= 4 is 50.9 Å². The van der Waals surface area contributed by atoms with Crippen molar-refractivity contribution in [2.45, 2.75) is 38.4 Å². The van der Waals surface area contributed by atoms with Crippen LogP contribution in [0.2, 0.25) is 10.0 Å². The number of esters is 1. The summed E-state index contributed by atoms with van der Waals surface area (Å²) in [5, 5.41) is 0.743. The van der Waals surface area contributed by atoms with Gasteiger partial charge in [-0.15, -0.1) is 0 Å². The predicted molar refractivity (Wildman–Crippen MR) is 93.4 cm³/mol. The second-order valence-electron chi connectivity index (χ2n) is 7.12. The minimum absolute atomic E-state index is 0.0768. The van der Waals surface area contributed by atoms with Crippen molar-refractivity contribution in [1.29, 1.82) is 0 Å². The standard InChI is InChI=1S/C17H17BrCl2O3/c1-15(2)16(3)6-7-17(15,12(18)13(16)21)14(22)23-11-5-4-9(19)8-10(11)20/h4-5,8,12H,6-7H2,1-3H3. The normalized spacial score (nSPS) is 34.7. The van der Waals surface area contributed by atoms with Crippen molar-refractivity contribution in [1.82, 2.24) is 0 Å². The number of rotatable bonds is 2. The summed E-state index contributed by atoms with van der Waals surface area (Å²) in [5.41, 5.74) is -1.91. The molecule has 3 nitrogen and oxygen atoms in total. The zero-order chi connectivity index (χ0) is 17.2. The summed E-state index contributed by atoms with van der Waals surface area (Å²) in [6, 6.07) is 4.71. The average molecular weight is 420 g/mol. The van der Waals surface area contributed by atoms with Crippen molar-refractivity contribution in [3.05, 3.63) is 28.2 Å². The molecule has 2 saturated carbocycles. The SMILES string of the molecule is CC12CCC(C(=O)Oc3ccc(Cl)cc3Cl)(C(Br)C1=O)C2(C)C. The van der Waals surface area contributed by atoms with Crippen LogP contribution in [-0.4, -0.2) is 16.6 Å². The van der Waals surface area contributed by atoms with E-state index < -0.39 is 27.0 Å². The van der Waals surface area contributed by atoms with Gasteiger partial charge in [-0.1, -0.05) is 59.9 Å². The van der Waals surface area contributed by atoms with Gasteiger partial charge in [-0.2, -0.15) is 0 Å². The van der Waals surface area contributed by atoms with E-state index in [0.29, 0.717) is 17.9 Å². The molecule has 0 aliphatic heterocycles. The van der Waals surface area contributed by atoms with Crippen molar-refractivity contribution in [3.8, 4) is 5.75 Å². The molecule has 2 aliphatic carbocycles. The van der Waals surface area contributed by atoms with E-state index in [9.17, 15) is 9.59 Å². The summed E-state index contributed by atoms with van der Waals surface area (Å²) in [7, 11) is 0. The summed E-state index contributed by atoms with van der Waals surface area (Å²) in [6.07, 6.45) is 1.30. The van der Waals surface area contributed by atoms with Crippen LogP contribution in [0.1, 0.15) is 33.6 Å². The van der Waals surface area contributed by atoms with E-state index in [0.717, 1.165) is 0 Å². The number of carbonyl (C=O) groups excluding carboxylic acids is 2.